The van der Waals surface area contributed by atoms with Gasteiger partial charge in [-0.15, -0.1) is 0 Å². The van der Waals surface area contributed by atoms with Crippen molar-refractivity contribution in [1.82, 2.24) is 0 Å². The van der Waals surface area contributed by atoms with Crippen LogP contribution in [0.5, 0.6) is 5.75 Å². The Kier molecular flexibility index (Phi) is 3.92. The lowest BCUT2D eigenvalue weighted by Gasteiger charge is -2.02. The molecule has 0 amide bonds. The SMILES string of the molecule is COc1ccc(/C=C(\C)OC(C)=O)cc1. The standard InChI is InChI=1S/C12H14O3/c1-9(15-10(2)13)8-11-4-6-12(14-3)7-5-11/h4-8H,1-3H3/b9-8+. The van der Waals surface area contributed by atoms with Crippen LogP contribution in [0.15, 0.2) is 30.0 Å². The van der Waals surface area contributed by atoms with E-state index in [0.717, 1.165) is 11.3 Å². The molecule has 3 heteroatoms. The van der Waals surface area contributed by atoms with E-state index >= 15 is 0 Å². The van der Waals surface area contributed by atoms with Gasteiger partial charge < -0.3 is 9.47 Å². The largest absolute Gasteiger partial charge is 0.497 e. The van der Waals surface area contributed by atoms with Gasteiger partial charge in [0, 0.05) is 6.92 Å². The fourth-order valence-electron chi connectivity index (χ4n) is 1.19. The first-order chi connectivity index (χ1) is 7.11. The molecule has 80 valence electrons. The zero-order valence-electron chi connectivity index (χ0n) is 9.11. The van der Waals surface area contributed by atoms with Gasteiger partial charge in [0.1, 0.15) is 11.5 Å². The number of benzene rings is 1. The minimum atomic E-state index is -0.308. The van der Waals surface area contributed by atoms with Crippen LogP contribution in [0.4, 0.5) is 0 Å². The second-order valence-electron chi connectivity index (χ2n) is 3.12. The molecule has 1 aromatic carbocycles. The van der Waals surface area contributed by atoms with Crippen molar-refractivity contribution in [3.05, 3.63) is 35.6 Å². The summed E-state index contributed by atoms with van der Waals surface area (Å²) in [7, 11) is 1.62. The number of carbonyl (C=O) groups is 1. The van der Waals surface area contributed by atoms with Crippen LogP contribution in [-0.4, -0.2) is 13.1 Å². The molecule has 1 rings (SSSR count). The maximum atomic E-state index is 10.7. The molecule has 0 aromatic heterocycles. The number of carbonyl (C=O) groups excluding carboxylic acids is 1. The maximum absolute atomic E-state index is 10.7. The second-order valence-corrected chi connectivity index (χ2v) is 3.12. The lowest BCUT2D eigenvalue weighted by Crippen LogP contribution is -1.95. The van der Waals surface area contributed by atoms with E-state index in [1.54, 1.807) is 20.1 Å². The average molecular weight is 206 g/mol. The van der Waals surface area contributed by atoms with Gasteiger partial charge in [0.2, 0.25) is 0 Å². The summed E-state index contributed by atoms with van der Waals surface area (Å²) in [5, 5.41) is 0. The van der Waals surface area contributed by atoms with Crippen molar-refractivity contribution in [2.24, 2.45) is 0 Å². The van der Waals surface area contributed by atoms with Crippen LogP contribution < -0.4 is 4.74 Å². The van der Waals surface area contributed by atoms with Gasteiger partial charge in [0.25, 0.3) is 0 Å². The molecule has 1 aromatic rings. The molecule has 15 heavy (non-hydrogen) atoms. The van der Waals surface area contributed by atoms with Crippen LogP contribution in [0.25, 0.3) is 6.08 Å². The molecule has 0 heterocycles. The van der Waals surface area contributed by atoms with E-state index in [-0.39, 0.29) is 5.97 Å². The summed E-state index contributed by atoms with van der Waals surface area (Å²) in [5.41, 5.74) is 0.967. The average Bonchev–Trinajstić information content (AvgIpc) is 2.17. The van der Waals surface area contributed by atoms with E-state index in [1.807, 2.05) is 24.3 Å². The van der Waals surface area contributed by atoms with Crippen LogP contribution in [0, 0.1) is 0 Å². The Morgan fingerprint density at radius 1 is 1.20 bits per heavy atom. The highest BCUT2D eigenvalue weighted by molar-refractivity contribution is 5.68. The highest BCUT2D eigenvalue weighted by Crippen LogP contribution is 2.14. The zero-order chi connectivity index (χ0) is 11.3. The second kappa shape index (κ2) is 5.20. The predicted molar refractivity (Wildman–Crippen MR) is 58.4 cm³/mol. The minimum Gasteiger partial charge on any atom is -0.497 e. The summed E-state index contributed by atoms with van der Waals surface area (Å²) in [6, 6.07) is 7.50. The van der Waals surface area contributed by atoms with Crippen LogP contribution in [0.2, 0.25) is 0 Å². The molecule has 0 fully saturated rings. The number of esters is 1. The summed E-state index contributed by atoms with van der Waals surface area (Å²) in [6.45, 7) is 3.12. The zero-order valence-corrected chi connectivity index (χ0v) is 9.11. The summed E-state index contributed by atoms with van der Waals surface area (Å²) < 4.78 is 9.93. The summed E-state index contributed by atoms with van der Waals surface area (Å²) in [6.07, 6.45) is 1.79. The highest BCUT2D eigenvalue weighted by Gasteiger charge is 1.96. The van der Waals surface area contributed by atoms with Crippen LogP contribution >= 0.6 is 0 Å². The lowest BCUT2D eigenvalue weighted by atomic mass is 10.2. The van der Waals surface area contributed by atoms with Crippen molar-refractivity contribution in [3.63, 3.8) is 0 Å². The summed E-state index contributed by atoms with van der Waals surface area (Å²) >= 11 is 0. The van der Waals surface area contributed by atoms with Gasteiger partial charge in [-0.1, -0.05) is 12.1 Å². The maximum Gasteiger partial charge on any atom is 0.307 e. The fourth-order valence-corrected chi connectivity index (χ4v) is 1.19. The van der Waals surface area contributed by atoms with Crippen LogP contribution in [0.3, 0.4) is 0 Å². The summed E-state index contributed by atoms with van der Waals surface area (Å²) in [5.74, 6) is 1.07. The number of hydrogen-bond donors (Lipinski definition) is 0. The number of methoxy groups -OCH3 is 1. The molecule has 0 saturated heterocycles. The Morgan fingerprint density at radius 3 is 2.27 bits per heavy atom. The predicted octanol–water partition coefficient (Wildman–Crippen LogP) is 2.62. The molecule has 0 unspecified atom stereocenters. The van der Waals surface area contributed by atoms with Crippen molar-refractivity contribution in [1.29, 1.82) is 0 Å². The Balaban J connectivity index is 2.75. The van der Waals surface area contributed by atoms with Gasteiger partial charge in [-0.2, -0.15) is 0 Å². The number of hydrogen-bond acceptors (Lipinski definition) is 3. The Labute approximate surface area is 89.3 Å². The van der Waals surface area contributed by atoms with E-state index in [4.69, 9.17) is 9.47 Å². The van der Waals surface area contributed by atoms with Crippen LogP contribution in [-0.2, 0) is 9.53 Å². The molecule has 0 aliphatic heterocycles. The van der Waals surface area contributed by atoms with Gasteiger partial charge in [0.05, 0.1) is 7.11 Å². The molecular weight excluding hydrogens is 192 g/mol. The monoisotopic (exact) mass is 206 g/mol. The van der Waals surface area contributed by atoms with E-state index in [9.17, 15) is 4.79 Å². The molecule has 0 saturated carbocycles. The van der Waals surface area contributed by atoms with Gasteiger partial charge in [0.15, 0.2) is 0 Å². The molecule has 3 nitrogen and oxygen atoms in total. The minimum absolute atomic E-state index is 0.308. The van der Waals surface area contributed by atoms with Crippen molar-refractivity contribution in [2.45, 2.75) is 13.8 Å². The molecule has 0 atom stereocenters. The molecule has 0 bridgehead atoms. The van der Waals surface area contributed by atoms with Gasteiger partial charge in [-0.25, -0.2) is 0 Å². The lowest BCUT2D eigenvalue weighted by molar-refractivity contribution is -0.136. The van der Waals surface area contributed by atoms with E-state index in [2.05, 4.69) is 0 Å². The van der Waals surface area contributed by atoms with E-state index in [1.165, 1.54) is 6.92 Å². The topological polar surface area (TPSA) is 35.5 Å². The molecule has 0 spiro atoms. The Bertz CT molecular complexity index is 363. The van der Waals surface area contributed by atoms with Crippen molar-refractivity contribution in [3.8, 4) is 5.75 Å². The molecule has 0 aliphatic carbocycles. The third-order valence-corrected chi connectivity index (χ3v) is 1.79. The molecule has 0 radical (unpaired) electrons. The third-order valence-electron chi connectivity index (χ3n) is 1.79. The normalized spacial score (nSPS) is 11.0. The molecule has 0 N–H and O–H groups in total. The Morgan fingerprint density at radius 2 is 1.80 bits per heavy atom. The van der Waals surface area contributed by atoms with Crippen molar-refractivity contribution in [2.75, 3.05) is 7.11 Å². The molecule has 0 aliphatic rings. The van der Waals surface area contributed by atoms with Crippen molar-refractivity contribution >= 4 is 12.0 Å². The van der Waals surface area contributed by atoms with E-state index in [0.29, 0.717) is 5.76 Å². The Hall–Kier alpha value is -1.77. The number of allylic oxidation sites excluding steroid dienone is 1. The van der Waals surface area contributed by atoms with Gasteiger partial charge in [-0.05, 0) is 30.7 Å². The third kappa shape index (κ3) is 3.85. The highest BCUT2D eigenvalue weighted by atomic mass is 16.5. The number of rotatable bonds is 3. The smallest absolute Gasteiger partial charge is 0.307 e. The van der Waals surface area contributed by atoms with Crippen LogP contribution in [0.1, 0.15) is 19.4 Å². The van der Waals surface area contributed by atoms with Crippen molar-refractivity contribution < 1.29 is 14.3 Å². The van der Waals surface area contributed by atoms with Gasteiger partial charge in [-0.3, -0.25) is 4.79 Å². The first-order valence-electron chi connectivity index (χ1n) is 4.62. The van der Waals surface area contributed by atoms with E-state index < -0.39 is 0 Å². The quantitative estimate of drug-likeness (QED) is 0.563. The first-order valence-corrected chi connectivity index (χ1v) is 4.62. The first kappa shape index (κ1) is 11.3. The number of ether oxygens (including phenoxy) is 2. The fraction of sp³-hybridized carbons (Fsp3) is 0.250. The summed E-state index contributed by atoms with van der Waals surface area (Å²) in [4.78, 5) is 10.7. The van der Waals surface area contributed by atoms with Gasteiger partial charge >= 0.3 is 5.97 Å². The molecular formula is C12H14O3.